The molecule has 1 saturated heterocycles. The Kier molecular flexibility index (Phi) is 4.74. The molecule has 1 unspecified atom stereocenters. The number of oxime groups is 1. The van der Waals surface area contributed by atoms with E-state index in [2.05, 4.69) is 15.0 Å². The normalized spacial score (nSPS) is 19.3. The average Bonchev–Trinajstić information content (AvgIpc) is 2.93. The van der Waals surface area contributed by atoms with Crippen molar-refractivity contribution in [3.05, 3.63) is 29.6 Å². The Morgan fingerprint density at radius 1 is 1.57 bits per heavy atom. The highest BCUT2D eigenvalue weighted by Gasteiger charge is 2.30. The van der Waals surface area contributed by atoms with Crippen molar-refractivity contribution >= 4 is 11.7 Å². The van der Waals surface area contributed by atoms with Crippen LogP contribution in [0.4, 0.5) is 0 Å². The number of nitrogens with two attached hydrogens (primary N) is 1. The topological polar surface area (TPSA) is 95.0 Å². The number of carbonyl (C=O) groups is 1. The number of pyridine rings is 1. The fraction of sp³-hybridized carbons (Fsp3) is 0.500. The van der Waals surface area contributed by atoms with Crippen molar-refractivity contribution in [3.63, 3.8) is 0 Å². The molecule has 1 aliphatic rings. The second-order valence-corrected chi connectivity index (χ2v) is 5.47. The molecule has 1 aromatic heterocycles. The predicted octanol–water partition coefficient (Wildman–Crippen LogP) is 0.342. The number of nitrogens with zero attached hydrogens (tertiary/aromatic N) is 4. The van der Waals surface area contributed by atoms with Gasteiger partial charge >= 0.3 is 0 Å². The molecule has 1 atom stereocenters. The summed E-state index contributed by atoms with van der Waals surface area (Å²) in [7, 11) is 4.01. The van der Waals surface area contributed by atoms with E-state index in [0.29, 0.717) is 11.3 Å². The Morgan fingerprint density at radius 2 is 2.33 bits per heavy atom. The monoisotopic (exact) mass is 291 g/mol. The highest BCUT2D eigenvalue weighted by molar-refractivity contribution is 5.98. The summed E-state index contributed by atoms with van der Waals surface area (Å²) in [6.07, 6.45) is 3.48. The van der Waals surface area contributed by atoms with Crippen LogP contribution in [-0.4, -0.2) is 65.0 Å². The molecule has 7 heteroatoms. The largest absolute Gasteiger partial charge is 0.409 e. The van der Waals surface area contributed by atoms with Gasteiger partial charge in [-0.25, -0.2) is 0 Å². The number of aromatic nitrogens is 1. The molecule has 0 radical (unpaired) electrons. The highest BCUT2D eigenvalue weighted by Crippen LogP contribution is 2.20. The van der Waals surface area contributed by atoms with Crippen LogP contribution in [0.15, 0.2) is 23.5 Å². The first kappa shape index (κ1) is 15.2. The Morgan fingerprint density at radius 3 is 2.90 bits per heavy atom. The molecular formula is C14H21N5O2. The van der Waals surface area contributed by atoms with E-state index < -0.39 is 0 Å². The summed E-state index contributed by atoms with van der Waals surface area (Å²) < 4.78 is 0. The van der Waals surface area contributed by atoms with Gasteiger partial charge in [0.15, 0.2) is 5.84 Å². The zero-order valence-corrected chi connectivity index (χ0v) is 12.4. The lowest BCUT2D eigenvalue weighted by Crippen LogP contribution is -2.41. The second kappa shape index (κ2) is 6.53. The third-order valence-corrected chi connectivity index (χ3v) is 3.60. The van der Waals surface area contributed by atoms with E-state index >= 15 is 0 Å². The lowest BCUT2D eigenvalue weighted by atomic mass is 10.2. The Bertz CT molecular complexity index is 527. The van der Waals surface area contributed by atoms with Crippen molar-refractivity contribution < 1.29 is 10.0 Å². The quantitative estimate of drug-likeness (QED) is 0.361. The van der Waals surface area contributed by atoms with Crippen LogP contribution in [0.2, 0.25) is 0 Å². The fourth-order valence-corrected chi connectivity index (χ4v) is 2.59. The van der Waals surface area contributed by atoms with Gasteiger partial charge in [-0.2, -0.15) is 0 Å². The van der Waals surface area contributed by atoms with Crippen molar-refractivity contribution in [2.45, 2.75) is 18.9 Å². The standard InChI is InChI=1S/C14H21N5O2/c1-18(2)9-11-4-3-7-19(11)14(20)12-6-5-10(8-16-12)13(15)17-21/h5-6,8,11,21H,3-4,7,9H2,1-2H3,(H2,15,17). The van der Waals surface area contributed by atoms with E-state index in [9.17, 15) is 4.79 Å². The maximum Gasteiger partial charge on any atom is 0.272 e. The van der Waals surface area contributed by atoms with E-state index in [1.54, 1.807) is 12.1 Å². The number of likely N-dealkylation sites (tertiary alicyclic amines) is 1. The molecule has 1 amide bonds. The molecule has 0 bridgehead atoms. The van der Waals surface area contributed by atoms with Crippen LogP contribution in [0.3, 0.4) is 0 Å². The van der Waals surface area contributed by atoms with E-state index in [0.717, 1.165) is 25.9 Å². The third kappa shape index (κ3) is 3.49. The molecule has 2 heterocycles. The zero-order valence-electron chi connectivity index (χ0n) is 12.4. The number of amides is 1. The Balaban J connectivity index is 2.12. The van der Waals surface area contributed by atoms with Gasteiger partial charge in [-0.3, -0.25) is 9.78 Å². The lowest BCUT2D eigenvalue weighted by Gasteiger charge is -2.26. The second-order valence-electron chi connectivity index (χ2n) is 5.47. The first-order valence-corrected chi connectivity index (χ1v) is 6.92. The molecule has 114 valence electrons. The molecule has 1 fully saturated rings. The average molecular weight is 291 g/mol. The van der Waals surface area contributed by atoms with E-state index in [1.165, 1.54) is 6.20 Å². The van der Waals surface area contributed by atoms with Crippen molar-refractivity contribution in [2.75, 3.05) is 27.2 Å². The Hall–Kier alpha value is -2.15. The number of hydrogen-bond acceptors (Lipinski definition) is 5. The maximum atomic E-state index is 12.5. The Labute approximate surface area is 124 Å². The summed E-state index contributed by atoms with van der Waals surface area (Å²) in [6.45, 7) is 1.62. The maximum absolute atomic E-state index is 12.5. The van der Waals surface area contributed by atoms with Crippen LogP contribution >= 0.6 is 0 Å². The van der Waals surface area contributed by atoms with E-state index in [-0.39, 0.29) is 17.8 Å². The van der Waals surface area contributed by atoms with E-state index in [4.69, 9.17) is 10.9 Å². The van der Waals surface area contributed by atoms with Gasteiger partial charge in [-0.15, -0.1) is 0 Å². The van der Waals surface area contributed by atoms with Crippen LogP contribution in [-0.2, 0) is 0 Å². The zero-order chi connectivity index (χ0) is 15.4. The minimum atomic E-state index is -0.0644. The molecule has 2 rings (SSSR count). The van der Waals surface area contributed by atoms with Crippen molar-refractivity contribution in [1.82, 2.24) is 14.8 Å². The van der Waals surface area contributed by atoms with Gasteiger partial charge in [-0.1, -0.05) is 5.16 Å². The summed E-state index contributed by atoms with van der Waals surface area (Å²) in [5.41, 5.74) is 6.35. The van der Waals surface area contributed by atoms with Gasteiger partial charge in [0, 0.05) is 30.9 Å². The number of rotatable bonds is 4. The number of carbonyl (C=O) groups excluding carboxylic acids is 1. The molecule has 0 saturated carbocycles. The van der Waals surface area contributed by atoms with Gasteiger partial charge in [0.1, 0.15) is 5.69 Å². The first-order valence-electron chi connectivity index (χ1n) is 6.92. The van der Waals surface area contributed by atoms with Crippen LogP contribution in [0.5, 0.6) is 0 Å². The van der Waals surface area contributed by atoms with Crippen LogP contribution in [0.1, 0.15) is 28.9 Å². The van der Waals surface area contributed by atoms with Gasteiger partial charge in [0.25, 0.3) is 5.91 Å². The molecule has 7 nitrogen and oxygen atoms in total. The smallest absolute Gasteiger partial charge is 0.272 e. The SMILES string of the molecule is CN(C)CC1CCCN1C(=O)c1ccc(C(N)=NO)cn1. The molecule has 21 heavy (non-hydrogen) atoms. The summed E-state index contributed by atoms with van der Waals surface area (Å²) in [6, 6.07) is 3.48. The summed E-state index contributed by atoms with van der Waals surface area (Å²) in [4.78, 5) is 20.6. The first-order chi connectivity index (χ1) is 10.0. The summed E-state index contributed by atoms with van der Waals surface area (Å²) >= 11 is 0. The van der Waals surface area contributed by atoms with Crippen molar-refractivity contribution in [1.29, 1.82) is 0 Å². The van der Waals surface area contributed by atoms with E-state index in [1.807, 2.05) is 19.0 Å². The molecule has 1 aromatic rings. The summed E-state index contributed by atoms with van der Waals surface area (Å²) in [5, 5.41) is 11.5. The molecule has 0 aliphatic carbocycles. The van der Waals surface area contributed by atoms with Crippen molar-refractivity contribution in [3.8, 4) is 0 Å². The molecule has 1 aliphatic heterocycles. The molecule has 3 N–H and O–H groups in total. The summed E-state index contributed by atoms with van der Waals surface area (Å²) in [5.74, 6) is -0.0847. The minimum Gasteiger partial charge on any atom is -0.409 e. The fourth-order valence-electron chi connectivity index (χ4n) is 2.59. The van der Waals surface area contributed by atoms with Gasteiger partial charge in [-0.05, 0) is 39.1 Å². The predicted molar refractivity (Wildman–Crippen MR) is 79.4 cm³/mol. The van der Waals surface area contributed by atoms with Crippen LogP contribution in [0.25, 0.3) is 0 Å². The molecule has 0 spiro atoms. The van der Waals surface area contributed by atoms with Gasteiger partial charge < -0.3 is 20.7 Å². The van der Waals surface area contributed by atoms with Crippen molar-refractivity contribution in [2.24, 2.45) is 10.9 Å². The minimum absolute atomic E-state index is 0.0202. The number of hydrogen-bond donors (Lipinski definition) is 2. The lowest BCUT2D eigenvalue weighted by molar-refractivity contribution is 0.0710. The van der Waals surface area contributed by atoms with Gasteiger partial charge in [0.2, 0.25) is 0 Å². The molecule has 0 aromatic carbocycles. The molecular weight excluding hydrogens is 270 g/mol. The van der Waals surface area contributed by atoms with Crippen LogP contribution < -0.4 is 5.73 Å². The highest BCUT2D eigenvalue weighted by atomic mass is 16.4. The number of likely N-dealkylation sites (N-methyl/N-ethyl adjacent to an activating group) is 1. The van der Waals surface area contributed by atoms with Crippen LogP contribution in [0, 0.1) is 0 Å². The third-order valence-electron chi connectivity index (χ3n) is 3.60. The number of amidine groups is 1. The van der Waals surface area contributed by atoms with Gasteiger partial charge in [0.05, 0.1) is 0 Å².